The van der Waals surface area contributed by atoms with Gasteiger partial charge in [0, 0.05) is 31.7 Å². The van der Waals surface area contributed by atoms with Crippen molar-refractivity contribution in [1.82, 2.24) is 19.9 Å². The molecule has 0 saturated carbocycles. The molecule has 1 aliphatic rings. The predicted octanol–water partition coefficient (Wildman–Crippen LogP) is 0.925. The van der Waals surface area contributed by atoms with Gasteiger partial charge in [-0.1, -0.05) is 5.16 Å². The summed E-state index contributed by atoms with van der Waals surface area (Å²) in [4.78, 5) is 21.0. The van der Waals surface area contributed by atoms with Gasteiger partial charge < -0.3 is 24.6 Å². The quantitative estimate of drug-likeness (QED) is 0.766. The Labute approximate surface area is 163 Å². The number of carbonyl (C=O) groups is 1. The summed E-state index contributed by atoms with van der Waals surface area (Å²) in [7, 11) is 3.12. The van der Waals surface area contributed by atoms with Gasteiger partial charge in [0.15, 0.2) is 17.3 Å². The minimum Gasteiger partial charge on any atom is -0.493 e. The predicted molar refractivity (Wildman–Crippen MR) is 100 cm³/mol. The zero-order chi connectivity index (χ0) is 18.5. The maximum absolute atomic E-state index is 12.7. The number of piperazine rings is 1. The number of hydrogen-bond donors (Lipinski definition) is 1. The number of methoxy groups -OCH3 is 2. The van der Waals surface area contributed by atoms with Crippen molar-refractivity contribution in [3.63, 3.8) is 0 Å². The Bertz CT molecular complexity index is 762. The lowest BCUT2D eigenvalue weighted by molar-refractivity contribution is 0.0624. The first-order chi connectivity index (χ1) is 12.6. The third-order valence-electron chi connectivity index (χ3n) is 4.34. The molecule has 1 fully saturated rings. The van der Waals surface area contributed by atoms with E-state index in [0.29, 0.717) is 48.4 Å². The first-order valence-corrected chi connectivity index (χ1v) is 8.39. The van der Waals surface area contributed by atoms with Gasteiger partial charge in [0.05, 0.1) is 27.3 Å². The van der Waals surface area contributed by atoms with E-state index in [1.54, 1.807) is 32.4 Å². The van der Waals surface area contributed by atoms with Gasteiger partial charge in [0.25, 0.3) is 5.91 Å². The number of rotatable bonds is 6. The number of nitrogens with two attached hydrogens (primary N) is 1. The maximum Gasteiger partial charge on any atom is 0.254 e. The summed E-state index contributed by atoms with van der Waals surface area (Å²) in [6.45, 7) is 3.57. The maximum atomic E-state index is 12.7. The first kappa shape index (κ1) is 20.9. The monoisotopic (exact) mass is 397 g/mol. The minimum atomic E-state index is -0.0180. The number of hydrogen-bond acceptors (Lipinski definition) is 8. The van der Waals surface area contributed by atoms with Crippen LogP contribution in [-0.4, -0.2) is 66.2 Å². The fourth-order valence-electron chi connectivity index (χ4n) is 2.90. The third-order valence-corrected chi connectivity index (χ3v) is 4.34. The fraction of sp³-hybridized carbons (Fsp3) is 0.471. The van der Waals surface area contributed by atoms with Crippen molar-refractivity contribution in [2.75, 3.05) is 40.4 Å². The van der Waals surface area contributed by atoms with E-state index in [2.05, 4.69) is 15.0 Å². The molecule has 1 amide bonds. The molecule has 148 valence electrons. The Kier molecular flexibility index (Phi) is 7.40. The molecule has 0 radical (unpaired) electrons. The zero-order valence-corrected chi connectivity index (χ0v) is 16.2. The van der Waals surface area contributed by atoms with Gasteiger partial charge in [-0.2, -0.15) is 4.98 Å². The SMILES string of the molecule is COc1ccc(C(=O)N2CCN(Cc3noc(CN)n3)CC2)cc1OC.Cl. The van der Waals surface area contributed by atoms with Crippen LogP contribution in [0, 0.1) is 0 Å². The lowest BCUT2D eigenvalue weighted by Crippen LogP contribution is -2.48. The molecule has 0 spiro atoms. The summed E-state index contributed by atoms with van der Waals surface area (Å²) in [6.07, 6.45) is 0. The summed E-state index contributed by atoms with van der Waals surface area (Å²) >= 11 is 0. The summed E-state index contributed by atoms with van der Waals surface area (Å²) in [5.74, 6) is 2.18. The van der Waals surface area contributed by atoms with Crippen LogP contribution in [-0.2, 0) is 13.1 Å². The average Bonchev–Trinajstić information content (AvgIpc) is 3.15. The molecule has 0 unspecified atom stereocenters. The van der Waals surface area contributed by atoms with Gasteiger partial charge in [-0.3, -0.25) is 9.69 Å². The topological polar surface area (TPSA) is 107 Å². The van der Waals surface area contributed by atoms with E-state index in [-0.39, 0.29) is 24.9 Å². The molecule has 3 rings (SSSR count). The summed E-state index contributed by atoms with van der Waals surface area (Å²) < 4.78 is 15.5. The van der Waals surface area contributed by atoms with E-state index in [1.807, 2.05) is 4.90 Å². The Morgan fingerprint density at radius 2 is 1.89 bits per heavy atom. The van der Waals surface area contributed by atoms with Crippen LogP contribution in [0.4, 0.5) is 0 Å². The van der Waals surface area contributed by atoms with Crippen LogP contribution in [0.2, 0.25) is 0 Å². The van der Waals surface area contributed by atoms with Crippen LogP contribution in [0.5, 0.6) is 11.5 Å². The Morgan fingerprint density at radius 3 is 2.48 bits per heavy atom. The van der Waals surface area contributed by atoms with Gasteiger partial charge in [-0.15, -0.1) is 12.4 Å². The second kappa shape index (κ2) is 9.54. The van der Waals surface area contributed by atoms with Crippen LogP contribution in [0.25, 0.3) is 0 Å². The molecule has 0 atom stereocenters. The van der Waals surface area contributed by atoms with Crippen LogP contribution >= 0.6 is 12.4 Å². The standard InChI is InChI=1S/C17H23N5O4.ClH/c1-24-13-4-3-12(9-14(13)25-2)17(23)22-7-5-21(6-8-22)11-15-19-16(10-18)26-20-15;/h3-4,9H,5-8,10-11,18H2,1-2H3;1H. The summed E-state index contributed by atoms with van der Waals surface area (Å²) in [5, 5.41) is 3.90. The molecule has 1 aromatic carbocycles. The Hall–Kier alpha value is -2.36. The molecular weight excluding hydrogens is 374 g/mol. The third kappa shape index (κ3) is 4.88. The van der Waals surface area contributed by atoms with E-state index < -0.39 is 0 Å². The second-order valence-electron chi connectivity index (χ2n) is 5.95. The van der Waals surface area contributed by atoms with Gasteiger partial charge in [-0.05, 0) is 18.2 Å². The van der Waals surface area contributed by atoms with Crippen molar-refractivity contribution in [3.05, 3.63) is 35.5 Å². The molecule has 9 nitrogen and oxygen atoms in total. The molecule has 1 saturated heterocycles. The Balaban J connectivity index is 0.00000261. The van der Waals surface area contributed by atoms with E-state index in [0.717, 1.165) is 13.1 Å². The lowest BCUT2D eigenvalue weighted by atomic mass is 10.1. The van der Waals surface area contributed by atoms with Crippen molar-refractivity contribution < 1.29 is 18.8 Å². The molecule has 10 heteroatoms. The largest absolute Gasteiger partial charge is 0.493 e. The number of halogens is 1. The van der Waals surface area contributed by atoms with Crippen LogP contribution in [0.15, 0.2) is 22.7 Å². The molecule has 2 aromatic rings. The molecule has 1 aliphatic heterocycles. The van der Waals surface area contributed by atoms with Crippen LogP contribution in [0.1, 0.15) is 22.1 Å². The highest BCUT2D eigenvalue weighted by Gasteiger charge is 2.24. The molecule has 1 aromatic heterocycles. The average molecular weight is 398 g/mol. The van der Waals surface area contributed by atoms with Crippen molar-refractivity contribution in [1.29, 1.82) is 0 Å². The van der Waals surface area contributed by atoms with E-state index in [1.165, 1.54) is 0 Å². The number of aromatic nitrogens is 2. The van der Waals surface area contributed by atoms with Crippen molar-refractivity contribution in [2.45, 2.75) is 13.1 Å². The number of carbonyl (C=O) groups excluding carboxylic acids is 1. The zero-order valence-electron chi connectivity index (χ0n) is 15.4. The molecular formula is C17H24ClN5O4. The molecule has 0 bridgehead atoms. The van der Waals surface area contributed by atoms with Crippen molar-refractivity contribution >= 4 is 18.3 Å². The smallest absolute Gasteiger partial charge is 0.254 e. The number of benzene rings is 1. The summed E-state index contributed by atoms with van der Waals surface area (Å²) in [6, 6.07) is 5.21. The van der Waals surface area contributed by atoms with Crippen molar-refractivity contribution in [2.24, 2.45) is 5.73 Å². The lowest BCUT2D eigenvalue weighted by Gasteiger charge is -2.34. The summed E-state index contributed by atoms with van der Waals surface area (Å²) in [5.41, 5.74) is 6.06. The number of ether oxygens (including phenoxy) is 2. The molecule has 2 heterocycles. The van der Waals surface area contributed by atoms with Crippen molar-refractivity contribution in [3.8, 4) is 11.5 Å². The number of nitrogens with zero attached hydrogens (tertiary/aromatic N) is 4. The number of amides is 1. The van der Waals surface area contributed by atoms with Gasteiger partial charge in [-0.25, -0.2) is 0 Å². The normalized spacial score (nSPS) is 14.6. The van der Waals surface area contributed by atoms with E-state index >= 15 is 0 Å². The van der Waals surface area contributed by atoms with Gasteiger partial charge in [0.1, 0.15) is 0 Å². The second-order valence-corrected chi connectivity index (χ2v) is 5.95. The Morgan fingerprint density at radius 1 is 1.19 bits per heavy atom. The van der Waals surface area contributed by atoms with Crippen LogP contribution < -0.4 is 15.2 Å². The molecule has 0 aliphatic carbocycles. The van der Waals surface area contributed by atoms with Crippen LogP contribution in [0.3, 0.4) is 0 Å². The minimum absolute atomic E-state index is 0. The first-order valence-electron chi connectivity index (χ1n) is 8.39. The molecule has 27 heavy (non-hydrogen) atoms. The highest BCUT2D eigenvalue weighted by molar-refractivity contribution is 5.95. The van der Waals surface area contributed by atoms with E-state index in [4.69, 9.17) is 19.7 Å². The highest BCUT2D eigenvalue weighted by atomic mass is 35.5. The van der Waals surface area contributed by atoms with Gasteiger partial charge >= 0.3 is 0 Å². The fourth-order valence-corrected chi connectivity index (χ4v) is 2.90. The highest BCUT2D eigenvalue weighted by Crippen LogP contribution is 2.28. The van der Waals surface area contributed by atoms with E-state index in [9.17, 15) is 4.79 Å². The van der Waals surface area contributed by atoms with Gasteiger partial charge in [0.2, 0.25) is 5.89 Å². The molecule has 2 N–H and O–H groups in total.